The van der Waals surface area contributed by atoms with Crippen molar-refractivity contribution in [2.75, 3.05) is 13.7 Å². The van der Waals surface area contributed by atoms with Crippen molar-refractivity contribution in [2.45, 2.75) is 18.9 Å². The maximum absolute atomic E-state index is 6.35. The fourth-order valence-corrected chi connectivity index (χ4v) is 3.23. The second kappa shape index (κ2) is 6.08. The summed E-state index contributed by atoms with van der Waals surface area (Å²) in [5, 5.41) is 0. The molecule has 0 fully saturated rings. The second-order valence-electron chi connectivity index (χ2n) is 5.25. The van der Waals surface area contributed by atoms with E-state index in [4.69, 9.17) is 15.2 Å². The minimum atomic E-state index is -0.0174. The van der Waals surface area contributed by atoms with E-state index in [9.17, 15) is 0 Å². The molecule has 1 heterocycles. The molecule has 0 aromatic heterocycles. The van der Waals surface area contributed by atoms with Gasteiger partial charge >= 0.3 is 0 Å². The number of benzene rings is 2. The van der Waals surface area contributed by atoms with Gasteiger partial charge in [0.05, 0.1) is 18.2 Å². The Morgan fingerprint density at radius 1 is 1.29 bits per heavy atom. The molecule has 0 aliphatic carbocycles. The Bertz CT molecular complexity index is 657. The topological polar surface area (TPSA) is 44.5 Å². The molecule has 2 N–H and O–H groups in total. The highest BCUT2D eigenvalue weighted by Crippen LogP contribution is 2.30. The van der Waals surface area contributed by atoms with Crippen LogP contribution >= 0.6 is 15.9 Å². The molecule has 1 atom stereocenters. The molecule has 1 aliphatic rings. The lowest BCUT2D eigenvalue weighted by Gasteiger charge is -2.14. The maximum atomic E-state index is 6.35. The number of ether oxygens (including phenoxy) is 2. The highest BCUT2D eigenvalue weighted by Gasteiger charge is 2.15. The summed E-state index contributed by atoms with van der Waals surface area (Å²) in [6, 6.07) is 12.3. The third-order valence-electron chi connectivity index (χ3n) is 3.81. The number of hydrogen-bond acceptors (Lipinski definition) is 3. The van der Waals surface area contributed by atoms with Crippen LogP contribution in [0.2, 0.25) is 0 Å². The normalized spacial score (nSPS) is 14.4. The van der Waals surface area contributed by atoms with Crippen molar-refractivity contribution in [2.24, 2.45) is 5.73 Å². The van der Waals surface area contributed by atoms with Gasteiger partial charge in [-0.25, -0.2) is 0 Å². The molecule has 0 spiro atoms. The van der Waals surface area contributed by atoms with Gasteiger partial charge < -0.3 is 15.2 Å². The molecule has 2 aromatic carbocycles. The number of methoxy groups -OCH3 is 1. The summed E-state index contributed by atoms with van der Waals surface area (Å²) in [4.78, 5) is 0. The quantitative estimate of drug-likeness (QED) is 0.918. The molecule has 0 saturated heterocycles. The van der Waals surface area contributed by atoms with Crippen LogP contribution in [0.5, 0.6) is 11.5 Å². The van der Waals surface area contributed by atoms with Crippen molar-refractivity contribution in [3.8, 4) is 11.5 Å². The lowest BCUT2D eigenvalue weighted by atomic mass is 9.97. The molecule has 0 saturated carbocycles. The first kappa shape index (κ1) is 14.4. The largest absolute Gasteiger partial charge is 0.496 e. The van der Waals surface area contributed by atoms with Crippen LogP contribution in [0.4, 0.5) is 0 Å². The Labute approximate surface area is 133 Å². The van der Waals surface area contributed by atoms with E-state index in [0.29, 0.717) is 0 Å². The summed E-state index contributed by atoms with van der Waals surface area (Å²) < 4.78 is 11.7. The van der Waals surface area contributed by atoms with E-state index < -0.39 is 0 Å². The highest BCUT2D eigenvalue weighted by molar-refractivity contribution is 9.10. The Hall–Kier alpha value is -1.52. The molecule has 1 aliphatic heterocycles. The van der Waals surface area contributed by atoms with Gasteiger partial charge in [0.15, 0.2) is 0 Å². The summed E-state index contributed by atoms with van der Waals surface area (Å²) in [6.45, 7) is 0.777. The van der Waals surface area contributed by atoms with Crippen LogP contribution in [0.3, 0.4) is 0 Å². The molecule has 110 valence electrons. The lowest BCUT2D eigenvalue weighted by molar-refractivity contribution is 0.357. The van der Waals surface area contributed by atoms with E-state index in [1.807, 2.05) is 12.1 Å². The number of fused-ring (bicyclic) bond motifs is 1. The van der Waals surface area contributed by atoms with E-state index in [2.05, 4.69) is 40.2 Å². The predicted octanol–water partition coefficient (Wildman–Crippen LogP) is 3.64. The molecule has 3 rings (SSSR count). The summed E-state index contributed by atoms with van der Waals surface area (Å²) >= 11 is 3.51. The maximum Gasteiger partial charge on any atom is 0.133 e. The van der Waals surface area contributed by atoms with Gasteiger partial charge in [-0.1, -0.05) is 18.2 Å². The van der Waals surface area contributed by atoms with E-state index >= 15 is 0 Å². The predicted molar refractivity (Wildman–Crippen MR) is 87.0 cm³/mol. The first-order chi connectivity index (χ1) is 10.2. The van der Waals surface area contributed by atoms with Crippen LogP contribution in [0.15, 0.2) is 40.9 Å². The van der Waals surface area contributed by atoms with Gasteiger partial charge in [0.25, 0.3) is 0 Å². The number of rotatable bonds is 4. The number of halogens is 1. The smallest absolute Gasteiger partial charge is 0.133 e. The molecule has 4 heteroatoms. The highest BCUT2D eigenvalue weighted by atomic mass is 79.9. The molecule has 0 bridgehead atoms. The standard InChI is InChI=1S/C17H18BrNO2/c1-20-17-4-2-11(8-14(17)18)9-15(19)12-3-5-16-13(10-12)6-7-21-16/h2-5,8,10,15H,6-7,9,19H2,1H3. The fourth-order valence-electron chi connectivity index (χ4n) is 2.65. The molecule has 2 aromatic rings. The van der Waals surface area contributed by atoms with Crippen LogP contribution in [-0.2, 0) is 12.8 Å². The van der Waals surface area contributed by atoms with Crippen LogP contribution < -0.4 is 15.2 Å². The monoisotopic (exact) mass is 347 g/mol. The zero-order chi connectivity index (χ0) is 14.8. The third kappa shape index (κ3) is 3.06. The summed E-state index contributed by atoms with van der Waals surface area (Å²) in [5.41, 5.74) is 9.96. The van der Waals surface area contributed by atoms with Gasteiger partial charge in [0.2, 0.25) is 0 Å². The fraction of sp³-hybridized carbons (Fsp3) is 0.294. The van der Waals surface area contributed by atoms with Crippen LogP contribution in [-0.4, -0.2) is 13.7 Å². The van der Waals surface area contributed by atoms with Gasteiger partial charge in [-0.2, -0.15) is 0 Å². The summed E-state index contributed by atoms with van der Waals surface area (Å²) in [6.07, 6.45) is 1.77. The third-order valence-corrected chi connectivity index (χ3v) is 4.43. The van der Waals surface area contributed by atoms with Crippen LogP contribution in [0, 0.1) is 0 Å². The van der Waals surface area contributed by atoms with Crippen LogP contribution in [0.1, 0.15) is 22.7 Å². The summed E-state index contributed by atoms with van der Waals surface area (Å²) in [7, 11) is 1.66. The SMILES string of the molecule is COc1ccc(CC(N)c2ccc3c(c2)CCO3)cc1Br. The van der Waals surface area contributed by atoms with Crippen molar-refractivity contribution in [1.29, 1.82) is 0 Å². The zero-order valence-corrected chi connectivity index (χ0v) is 13.5. The molecular weight excluding hydrogens is 330 g/mol. The van der Waals surface area contributed by atoms with Crippen LogP contribution in [0.25, 0.3) is 0 Å². The Morgan fingerprint density at radius 2 is 2.14 bits per heavy atom. The number of hydrogen-bond donors (Lipinski definition) is 1. The first-order valence-electron chi connectivity index (χ1n) is 7.01. The molecule has 3 nitrogen and oxygen atoms in total. The van der Waals surface area contributed by atoms with Crippen molar-refractivity contribution >= 4 is 15.9 Å². The van der Waals surface area contributed by atoms with E-state index in [1.165, 1.54) is 11.1 Å². The second-order valence-corrected chi connectivity index (χ2v) is 6.10. The van der Waals surface area contributed by atoms with E-state index in [-0.39, 0.29) is 6.04 Å². The minimum Gasteiger partial charge on any atom is -0.496 e. The summed E-state index contributed by atoms with van der Waals surface area (Å²) in [5.74, 6) is 1.83. The minimum absolute atomic E-state index is 0.0174. The Morgan fingerprint density at radius 3 is 2.90 bits per heavy atom. The zero-order valence-electron chi connectivity index (χ0n) is 11.9. The molecular formula is C17H18BrNO2. The van der Waals surface area contributed by atoms with E-state index in [0.717, 1.165) is 41.0 Å². The average molecular weight is 348 g/mol. The van der Waals surface area contributed by atoms with Gasteiger partial charge in [-0.05, 0) is 57.2 Å². The molecule has 1 unspecified atom stereocenters. The van der Waals surface area contributed by atoms with E-state index in [1.54, 1.807) is 7.11 Å². The van der Waals surface area contributed by atoms with Crippen molar-refractivity contribution < 1.29 is 9.47 Å². The molecule has 0 amide bonds. The van der Waals surface area contributed by atoms with Crippen molar-refractivity contribution in [3.05, 3.63) is 57.6 Å². The van der Waals surface area contributed by atoms with Gasteiger partial charge in [0.1, 0.15) is 11.5 Å². The number of nitrogens with two attached hydrogens (primary N) is 1. The van der Waals surface area contributed by atoms with Gasteiger partial charge in [0, 0.05) is 12.5 Å². The van der Waals surface area contributed by atoms with Gasteiger partial charge in [-0.3, -0.25) is 0 Å². The Kier molecular flexibility index (Phi) is 4.17. The van der Waals surface area contributed by atoms with Gasteiger partial charge in [-0.15, -0.1) is 0 Å². The Balaban J connectivity index is 1.76. The van der Waals surface area contributed by atoms with Crippen molar-refractivity contribution in [1.82, 2.24) is 0 Å². The van der Waals surface area contributed by atoms with Crippen molar-refractivity contribution in [3.63, 3.8) is 0 Å². The molecule has 0 radical (unpaired) electrons. The molecule has 21 heavy (non-hydrogen) atoms. The lowest BCUT2D eigenvalue weighted by Crippen LogP contribution is -2.13. The average Bonchev–Trinajstić information content (AvgIpc) is 2.94. The first-order valence-corrected chi connectivity index (χ1v) is 7.80.